The van der Waals surface area contributed by atoms with E-state index in [-0.39, 0.29) is 0 Å². The molecule has 1 nitrogen and oxygen atoms in total. The van der Waals surface area contributed by atoms with Crippen molar-refractivity contribution in [3.8, 4) is 0 Å². The van der Waals surface area contributed by atoms with Gasteiger partial charge in [0.15, 0.2) is 0 Å². The number of benzene rings is 1. The lowest BCUT2D eigenvalue weighted by Crippen LogP contribution is -2.14. The van der Waals surface area contributed by atoms with E-state index in [1.165, 1.54) is 31.2 Å². The highest BCUT2D eigenvalue weighted by Gasteiger charge is 2.18. The first-order valence-electron chi connectivity index (χ1n) is 4.79. The maximum Gasteiger partial charge on any atom is 0.0357 e. The summed E-state index contributed by atoms with van der Waals surface area (Å²) in [4.78, 5) is 0. The normalized spacial score (nSPS) is 17.0. The Balaban J connectivity index is 2.10. The van der Waals surface area contributed by atoms with Gasteiger partial charge in [-0.2, -0.15) is 0 Å². The standard InChI is InChI=1S/C11H14BrN/c12-10-5-4-9(11(13)7-10)6-8-2-1-3-8/h4-5,7-8H,1-3,6,13H2. The fraction of sp³-hybridized carbons (Fsp3) is 0.455. The molecule has 2 rings (SSSR count). The lowest BCUT2D eigenvalue weighted by molar-refractivity contribution is 0.315. The highest BCUT2D eigenvalue weighted by atomic mass is 79.9. The first kappa shape index (κ1) is 9.07. The molecular formula is C11H14BrN. The van der Waals surface area contributed by atoms with Crippen molar-refractivity contribution >= 4 is 21.6 Å². The third-order valence-corrected chi connectivity index (χ3v) is 3.33. The number of hydrogen-bond acceptors (Lipinski definition) is 1. The summed E-state index contributed by atoms with van der Waals surface area (Å²) < 4.78 is 1.07. The molecule has 2 N–H and O–H groups in total. The van der Waals surface area contributed by atoms with Crippen LogP contribution in [-0.2, 0) is 6.42 Å². The Morgan fingerprint density at radius 2 is 2.15 bits per heavy atom. The smallest absolute Gasteiger partial charge is 0.0357 e. The Kier molecular flexibility index (Phi) is 2.58. The Hall–Kier alpha value is -0.500. The summed E-state index contributed by atoms with van der Waals surface area (Å²) in [7, 11) is 0. The fourth-order valence-corrected chi connectivity index (χ4v) is 2.14. The largest absolute Gasteiger partial charge is 0.398 e. The summed E-state index contributed by atoms with van der Waals surface area (Å²) in [6.45, 7) is 0. The molecule has 1 aromatic rings. The van der Waals surface area contributed by atoms with E-state index in [1.54, 1.807) is 0 Å². The summed E-state index contributed by atoms with van der Waals surface area (Å²) in [6, 6.07) is 6.20. The van der Waals surface area contributed by atoms with Crippen molar-refractivity contribution in [3.05, 3.63) is 28.2 Å². The van der Waals surface area contributed by atoms with Gasteiger partial charge < -0.3 is 5.73 Å². The van der Waals surface area contributed by atoms with Crippen LogP contribution in [0.4, 0.5) is 5.69 Å². The molecule has 70 valence electrons. The van der Waals surface area contributed by atoms with Gasteiger partial charge in [-0.25, -0.2) is 0 Å². The van der Waals surface area contributed by atoms with E-state index >= 15 is 0 Å². The summed E-state index contributed by atoms with van der Waals surface area (Å²) >= 11 is 3.41. The minimum Gasteiger partial charge on any atom is -0.398 e. The molecule has 0 aliphatic heterocycles. The molecule has 0 radical (unpaired) electrons. The maximum atomic E-state index is 5.92. The second-order valence-electron chi connectivity index (χ2n) is 3.84. The molecule has 1 fully saturated rings. The van der Waals surface area contributed by atoms with Gasteiger partial charge in [0.05, 0.1) is 0 Å². The molecular weight excluding hydrogens is 226 g/mol. The first-order chi connectivity index (χ1) is 6.25. The van der Waals surface area contributed by atoms with Crippen molar-refractivity contribution in [2.75, 3.05) is 5.73 Å². The van der Waals surface area contributed by atoms with E-state index in [1.807, 2.05) is 6.07 Å². The zero-order valence-electron chi connectivity index (χ0n) is 7.59. The van der Waals surface area contributed by atoms with Gasteiger partial charge >= 0.3 is 0 Å². The quantitative estimate of drug-likeness (QED) is 0.788. The summed E-state index contributed by atoms with van der Waals surface area (Å²) in [5.41, 5.74) is 8.16. The zero-order chi connectivity index (χ0) is 9.26. The maximum absolute atomic E-state index is 5.92. The van der Waals surface area contributed by atoms with E-state index in [4.69, 9.17) is 5.73 Å². The average Bonchev–Trinajstić information content (AvgIpc) is 1.99. The molecule has 0 heterocycles. The van der Waals surface area contributed by atoms with E-state index in [0.717, 1.165) is 16.1 Å². The van der Waals surface area contributed by atoms with Gasteiger partial charge in [0.1, 0.15) is 0 Å². The lowest BCUT2D eigenvalue weighted by Gasteiger charge is -2.25. The molecule has 1 aliphatic rings. The minimum atomic E-state index is 0.892. The predicted octanol–water partition coefficient (Wildman–Crippen LogP) is 3.37. The highest BCUT2D eigenvalue weighted by molar-refractivity contribution is 9.10. The zero-order valence-corrected chi connectivity index (χ0v) is 9.18. The van der Waals surface area contributed by atoms with Gasteiger partial charge in [-0.15, -0.1) is 0 Å². The van der Waals surface area contributed by atoms with Gasteiger partial charge in [0, 0.05) is 10.2 Å². The molecule has 2 heteroatoms. The Morgan fingerprint density at radius 3 is 2.69 bits per heavy atom. The van der Waals surface area contributed by atoms with Crippen LogP contribution in [0.15, 0.2) is 22.7 Å². The molecule has 0 aromatic heterocycles. The third-order valence-electron chi connectivity index (χ3n) is 2.84. The predicted molar refractivity (Wildman–Crippen MR) is 59.6 cm³/mol. The van der Waals surface area contributed by atoms with Crippen LogP contribution < -0.4 is 5.73 Å². The molecule has 13 heavy (non-hydrogen) atoms. The van der Waals surface area contributed by atoms with Crippen LogP contribution in [0.3, 0.4) is 0 Å². The topological polar surface area (TPSA) is 26.0 Å². The minimum absolute atomic E-state index is 0.892. The van der Waals surface area contributed by atoms with Gasteiger partial charge in [0.2, 0.25) is 0 Å². The second kappa shape index (κ2) is 3.70. The highest BCUT2D eigenvalue weighted by Crippen LogP contribution is 2.31. The molecule has 1 aromatic carbocycles. The van der Waals surface area contributed by atoms with Crippen LogP contribution in [-0.4, -0.2) is 0 Å². The van der Waals surface area contributed by atoms with E-state index in [9.17, 15) is 0 Å². The van der Waals surface area contributed by atoms with Crippen LogP contribution in [0, 0.1) is 5.92 Å². The van der Waals surface area contributed by atoms with Crippen LogP contribution in [0.25, 0.3) is 0 Å². The van der Waals surface area contributed by atoms with Crippen LogP contribution in [0.2, 0.25) is 0 Å². The molecule has 1 aliphatic carbocycles. The van der Waals surface area contributed by atoms with Gasteiger partial charge in [-0.1, -0.05) is 41.3 Å². The summed E-state index contributed by atoms with van der Waals surface area (Å²) in [5, 5.41) is 0. The van der Waals surface area contributed by atoms with E-state index in [0.29, 0.717) is 0 Å². The third kappa shape index (κ3) is 2.05. The second-order valence-corrected chi connectivity index (χ2v) is 4.76. The SMILES string of the molecule is Nc1cc(Br)ccc1CC1CCC1. The molecule has 0 amide bonds. The van der Waals surface area contributed by atoms with Crippen LogP contribution in [0.5, 0.6) is 0 Å². The summed E-state index contributed by atoms with van der Waals surface area (Å²) in [6.07, 6.45) is 5.34. The number of rotatable bonds is 2. The Bertz CT molecular complexity index is 305. The molecule has 0 spiro atoms. The van der Waals surface area contributed by atoms with Crippen molar-refractivity contribution in [1.29, 1.82) is 0 Å². The fourth-order valence-electron chi connectivity index (χ4n) is 1.76. The van der Waals surface area contributed by atoms with Crippen LogP contribution in [0.1, 0.15) is 24.8 Å². The molecule has 1 saturated carbocycles. The Labute approximate surface area is 87.5 Å². The number of hydrogen-bond donors (Lipinski definition) is 1. The average molecular weight is 240 g/mol. The van der Waals surface area contributed by atoms with Gasteiger partial charge in [-0.3, -0.25) is 0 Å². The molecule has 0 atom stereocenters. The van der Waals surface area contributed by atoms with Gasteiger partial charge in [0.25, 0.3) is 0 Å². The molecule has 0 unspecified atom stereocenters. The first-order valence-corrected chi connectivity index (χ1v) is 5.59. The number of nitrogen functional groups attached to an aromatic ring is 1. The molecule has 0 bridgehead atoms. The van der Waals surface area contributed by atoms with E-state index in [2.05, 4.69) is 28.1 Å². The monoisotopic (exact) mass is 239 g/mol. The number of anilines is 1. The lowest BCUT2D eigenvalue weighted by atomic mass is 9.81. The number of nitrogens with two attached hydrogens (primary N) is 1. The van der Waals surface area contributed by atoms with Gasteiger partial charge in [-0.05, 0) is 30.0 Å². The van der Waals surface area contributed by atoms with Crippen molar-refractivity contribution in [2.45, 2.75) is 25.7 Å². The number of halogens is 1. The van der Waals surface area contributed by atoms with Crippen LogP contribution >= 0.6 is 15.9 Å². The van der Waals surface area contributed by atoms with E-state index < -0.39 is 0 Å². The van der Waals surface area contributed by atoms with Crippen molar-refractivity contribution in [2.24, 2.45) is 5.92 Å². The summed E-state index contributed by atoms with van der Waals surface area (Å²) in [5.74, 6) is 0.892. The van der Waals surface area contributed by atoms with Crippen molar-refractivity contribution in [1.82, 2.24) is 0 Å². The molecule has 0 saturated heterocycles. The van der Waals surface area contributed by atoms with Crippen molar-refractivity contribution < 1.29 is 0 Å². The Morgan fingerprint density at radius 1 is 1.38 bits per heavy atom. The van der Waals surface area contributed by atoms with Crippen molar-refractivity contribution in [3.63, 3.8) is 0 Å².